The first kappa shape index (κ1) is 16.8. The first-order chi connectivity index (χ1) is 9.92. The molecule has 2 fully saturated rings. The molecule has 1 heterocycles. The summed E-state index contributed by atoms with van der Waals surface area (Å²) in [6, 6.07) is 0.596. The molecule has 21 heavy (non-hydrogen) atoms. The number of hydrogen-bond donors (Lipinski definition) is 1. The lowest BCUT2D eigenvalue weighted by Gasteiger charge is -2.40. The molecule has 4 nitrogen and oxygen atoms in total. The molecule has 1 saturated carbocycles. The standard InChI is InChI=1S/C17H33N3O/c1-14(2)19(3)13-15-7-11-20(12-8-15)16(21)17(18)9-5-4-6-10-17/h14-15H,4-13,18H2,1-3H3. The van der Waals surface area contributed by atoms with Crippen LogP contribution in [-0.4, -0.2) is 54.0 Å². The monoisotopic (exact) mass is 295 g/mol. The van der Waals surface area contributed by atoms with Crippen LogP contribution in [0.5, 0.6) is 0 Å². The van der Waals surface area contributed by atoms with Crippen LogP contribution in [-0.2, 0) is 4.79 Å². The first-order valence-corrected chi connectivity index (χ1v) is 8.71. The predicted octanol–water partition coefficient (Wildman–Crippen LogP) is 2.23. The van der Waals surface area contributed by atoms with Crippen molar-refractivity contribution in [1.82, 2.24) is 9.80 Å². The van der Waals surface area contributed by atoms with Gasteiger partial charge in [0.2, 0.25) is 5.91 Å². The Morgan fingerprint density at radius 2 is 1.81 bits per heavy atom. The predicted molar refractivity (Wildman–Crippen MR) is 87.1 cm³/mol. The molecule has 0 spiro atoms. The topological polar surface area (TPSA) is 49.6 Å². The number of piperidine rings is 1. The maximum absolute atomic E-state index is 12.7. The van der Waals surface area contributed by atoms with Crippen LogP contribution in [0.2, 0.25) is 0 Å². The van der Waals surface area contributed by atoms with Crippen molar-refractivity contribution in [3.63, 3.8) is 0 Å². The molecule has 0 aromatic rings. The lowest BCUT2D eigenvalue weighted by atomic mass is 9.81. The van der Waals surface area contributed by atoms with E-state index in [1.807, 2.05) is 4.90 Å². The van der Waals surface area contributed by atoms with Crippen molar-refractivity contribution in [3.05, 3.63) is 0 Å². The van der Waals surface area contributed by atoms with Gasteiger partial charge in [-0.1, -0.05) is 19.3 Å². The van der Waals surface area contributed by atoms with Gasteiger partial charge in [0.25, 0.3) is 0 Å². The molecule has 2 N–H and O–H groups in total. The van der Waals surface area contributed by atoms with Crippen LogP contribution in [0.25, 0.3) is 0 Å². The Labute approximate surface area is 130 Å². The molecule has 1 amide bonds. The van der Waals surface area contributed by atoms with Gasteiger partial charge in [0.05, 0.1) is 5.54 Å². The highest BCUT2D eigenvalue weighted by Crippen LogP contribution is 2.29. The van der Waals surface area contributed by atoms with Crippen molar-refractivity contribution in [1.29, 1.82) is 0 Å². The van der Waals surface area contributed by atoms with Crippen molar-refractivity contribution in [3.8, 4) is 0 Å². The zero-order valence-corrected chi connectivity index (χ0v) is 14.1. The summed E-state index contributed by atoms with van der Waals surface area (Å²) in [6.45, 7) is 7.41. The van der Waals surface area contributed by atoms with Gasteiger partial charge in [0, 0.05) is 25.7 Å². The molecule has 0 radical (unpaired) electrons. The van der Waals surface area contributed by atoms with Gasteiger partial charge in [0.15, 0.2) is 0 Å². The zero-order valence-electron chi connectivity index (χ0n) is 14.1. The molecule has 2 rings (SSSR count). The van der Waals surface area contributed by atoms with Gasteiger partial charge < -0.3 is 15.5 Å². The molecule has 0 aromatic heterocycles. The van der Waals surface area contributed by atoms with Gasteiger partial charge >= 0.3 is 0 Å². The summed E-state index contributed by atoms with van der Waals surface area (Å²) in [7, 11) is 2.19. The van der Waals surface area contributed by atoms with Crippen molar-refractivity contribution in [2.75, 3.05) is 26.7 Å². The highest BCUT2D eigenvalue weighted by molar-refractivity contribution is 5.86. The molecule has 0 aromatic carbocycles. The molecule has 122 valence electrons. The first-order valence-electron chi connectivity index (χ1n) is 8.71. The number of rotatable bonds is 4. The molecule has 0 unspecified atom stereocenters. The van der Waals surface area contributed by atoms with Crippen LogP contribution in [0.15, 0.2) is 0 Å². The van der Waals surface area contributed by atoms with Crippen molar-refractivity contribution in [2.24, 2.45) is 11.7 Å². The second-order valence-electron chi connectivity index (χ2n) is 7.49. The third-order valence-electron chi connectivity index (χ3n) is 5.50. The van der Waals surface area contributed by atoms with Crippen LogP contribution >= 0.6 is 0 Å². The second-order valence-corrected chi connectivity index (χ2v) is 7.49. The van der Waals surface area contributed by atoms with E-state index in [1.54, 1.807) is 0 Å². The van der Waals surface area contributed by atoms with Gasteiger partial charge in [-0.3, -0.25) is 4.79 Å². The Kier molecular flexibility index (Phi) is 5.67. The van der Waals surface area contributed by atoms with E-state index in [0.29, 0.717) is 6.04 Å². The Hall–Kier alpha value is -0.610. The third kappa shape index (κ3) is 4.19. The number of carbonyl (C=O) groups is 1. The lowest BCUT2D eigenvalue weighted by molar-refractivity contribution is -0.139. The number of likely N-dealkylation sites (tertiary alicyclic amines) is 1. The molecule has 1 aliphatic carbocycles. The number of carbonyl (C=O) groups excluding carboxylic acids is 1. The van der Waals surface area contributed by atoms with Crippen molar-refractivity contribution >= 4 is 5.91 Å². The Morgan fingerprint density at radius 3 is 2.33 bits per heavy atom. The van der Waals surface area contributed by atoms with Crippen LogP contribution < -0.4 is 5.73 Å². The van der Waals surface area contributed by atoms with Crippen LogP contribution in [0.1, 0.15) is 58.8 Å². The molecular formula is C17H33N3O. The highest BCUT2D eigenvalue weighted by Gasteiger charge is 2.39. The maximum Gasteiger partial charge on any atom is 0.242 e. The number of amides is 1. The van der Waals surface area contributed by atoms with E-state index >= 15 is 0 Å². The fraction of sp³-hybridized carbons (Fsp3) is 0.941. The van der Waals surface area contributed by atoms with E-state index in [2.05, 4.69) is 25.8 Å². The van der Waals surface area contributed by atoms with Crippen LogP contribution in [0.4, 0.5) is 0 Å². The molecular weight excluding hydrogens is 262 g/mol. The normalized spacial score (nSPS) is 23.8. The molecule has 1 saturated heterocycles. The van der Waals surface area contributed by atoms with Gasteiger partial charge in [-0.05, 0) is 52.5 Å². The number of nitrogens with two attached hydrogens (primary N) is 1. The molecule has 2 aliphatic rings. The molecule has 0 bridgehead atoms. The SMILES string of the molecule is CC(C)N(C)CC1CCN(C(=O)C2(N)CCCCC2)CC1. The lowest BCUT2D eigenvalue weighted by Crippen LogP contribution is -2.57. The largest absolute Gasteiger partial charge is 0.341 e. The van der Waals surface area contributed by atoms with Crippen LogP contribution in [0, 0.1) is 5.92 Å². The van der Waals surface area contributed by atoms with Crippen LogP contribution in [0.3, 0.4) is 0 Å². The minimum Gasteiger partial charge on any atom is -0.341 e. The van der Waals surface area contributed by atoms with E-state index in [0.717, 1.165) is 64.1 Å². The summed E-state index contributed by atoms with van der Waals surface area (Å²) in [5, 5.41) is 0. The van der Waals surface area contributed by atoms with Gasteiger partial charge in [-0.25, -0.2) is 0 Å². The summed E-state index contributed by atoms with van der Waals surface area (Å²) in [5.74, 6) is 0.944. The number of nitrogens with zero attached hydrogens (tertiary/aromatic N) is 2. The second kappa shape index (κ2) is 7.10. The molecule has 4 heteroatoms. The summed E-state index contributed by atoms with van der Waals surface area (Å²) < 4.78 is 0. The van der Waals surface area contributed by atoms with Gasteiger partial charge in [-0.2, -0.15) is 0 Å². The number of hydrogen-bond acceptors (Lipinski definition) is 3. The Balaban J connectivity index is 1.82. The minimum atomic E-state index is -0.556. The van der Waals surface area contributed by atoms with E-state index in [-0.39, 0.29) is 5.91 Å². The van der Waals surface area contributed by atoms with Gasteiger partial charge in [-0.15, -0.1) is 0 Å². The Morgan fingerprint density at radius 1 is 1.24 bits per heavy atom. The van der Waals surface area contributed by atoms with E-state index in [4.69, 9.17) is 5.73 Å². The minimum absolute atomic E-state index is 0.220. The third-order valence-corrected chi connectivity index (χ3v) is 5.50. The van der Waals surface area contributed by atoms with E-state index in [1.165, 1.54) is 6.42 Å². The Bertz CT molecular complexity index is 342. The average molecular weight is 295 g/mol. The van der Waals surface area contributed by atoms with Crippen molar-refractivity contribution < 1.29 is 4.79 Å². The highest BCUT2D eigenvalue weighted by atomic mass is 16.2. The maximum atomic E-state index is 12.7. The van der Waals surface area contributed by atoms with Crippen molar-refractivity contribution in [2.45, 2.75) is 70.4 Å². The smallest absolute Gasteiger partial charge is 0.242 e. The fourth-order valence-electron chi connectivity index (χ4n) is 3.65. The summed E-state index contributed by atoms with van der Waals surface area (Å²) >= 11 is 0. The zero-order chi connectivity index (χ0) is 15.5. The van der Waals surface area contributed by atoms with Gasteiger partial charge in [0.1, 0.15) is 0 Å². The fourth-order valence-corrected chi connectivity index (χ4v) is 3.65. The molecule has 1 aliphatic heterocycles. The summed E-state index contributed by atoms with van der Waals surface area (Å²) in [4.78, 5) is 17.2. The summed E-state index contributed by atoms with van der Waals surface area (Å²) in [5.41, 5.74) is 5.83. The van der Waals surface area contributed by atoms with E-state index < -0.39 is 5.54 Å². The van der Waals surface area contributed by atoms with E-state index in [9.17, 15) is 4.79 Å². The average Bonchev–Trinajstić information content (AvgIpc) is 2.48. The molecule has 0 atom stereocenters. The summed E-state index contributed by atoms with van der Waals surface area (Å²) in [6.07, 6.45) is 7.45. The quantitative estimate of drug-likeness (QED) is 0.865.